The number of pyridine rings is 1. The molecule has 1 aromatic heterocycles. The van der Waals surface area contributed by atoms with Gasteiger partial charge in [-0.2, -0.15) is 13.2 Å². The van der Waals surface area contributed by atoms with E-state index in [2.05, 4.69) is 15.6 Å². The number of nitrogens with one attached hydrogen (secondary N) is 2. The molecule has 1 unspecified atom stereocenters. The normalized spacial score (nSPS) is 18.2. The first-order valence-electron chi connectivity index (χ1n) is 9.89. The second-order valence-corrected chi connectivity index (χ2v) is 7.30. The van der Waals surface area contributed by atoms with Gasteiger partial charge in [0.2, 0.25) is 5.91 Å². The Morgan fingerprint density at radius 2 is 1.97 bits per heavy atom. The number of halogens is 3. The third kappa shape index (κ3) is 5.77. The van der Waals surface area contributed by atoms with Crippen LogP contribution in [0.3, 0.4) is 0 Å². The van der Waals surface area contributed by atoms with Gasteiger partial charge in [0.05, 0.1) is 17.4 Å². The number of carbonyl (C=O) groups excluding carboxylic acids is 3. The zero-order chi connectivity index (χ0) is 24.2. The summed E-state index contributed by atoms with van der Waals surface area (Å²) in [5.41, 5.74) is -0.501. The van der Waals surface area contributed by atoms with Gasteiger partial charge >= 0.3 is 12.3 Å². The van der Waals surface area contributed by atoms with Crippen LogP contribution in [0.4, 0.5) is 29.5 Å². The van der Waals surface area contributed by atoms with Crippen molar-refractivity contribution in [2.45, 2.75) is 31.7 Å². The van der Waals surface area contributed by atoms with Crippen molar-refractivity contribution in [3.8, 4) is 0 Å². The van der Waals surface area contributed by atoms with E-state index >= 15 is 0 Å². The second-order valence-electron chi connectivity index (χ2n) is 7.30. The lowest BCUT2D eigenvalue weighted by Gasteiger charge is -2.22. The molecule has 12 heteroatoms. The molecule has 0 saturated carbocycles. The predicted molar refractivity (Wildman–Crippen MR) is 110 cm³/mol. The minimum Gasteiger partial charge on any atom is -0.407 e. The fourth-order valence-electron chi connectivity index (χ4n) is 3.33. The largest absolute Gasteiger partial charge is 0.416 e. The van der Waals surface area contributed by atoms with Gasteiger partial charge in [-0.3, -0.25) is 9.59 Å². The molecule has 1 atom stereocenters. The number of anilines is 2. The number of ether oxygens (including phenoxy) is 1. The molecule has 1 aliphatic heterocycles. The molecule has 0 bridgehead atoms. The molecule has 33 heavy (non-hydrogen) atoms. The van der Waals surface area contributed by atoms with E-state index in [0.717, 1.165) is 11.0 Å². The third-order valence-corrected chi connectivity index (χ3v) is 4.87. The maximum absolute atomic E-state index is 13.0. The molecule has 1 saturated heterocycles. The van der Waals surface area contributed by atoms with Gasteiger partial charge in [-0.15, -0.1) is 0 Å². The number of hydrogen-bond acceptors (Lipinski definition) is 6. The maximum Gasteiger partial charge on any atom is 0.416 e. The Morgan fingerprint density at radius 1 is 1.24 bits per heavy atom. The van der Waals surface area contributed by atoms with Gasteiger partial charge in [0.15, 0.2) is 0 Å². The van der Waals surface area contributed by atoms with E-state index in [9.17, 15) is 32.7 Å². The van der Waals surface area contributed by atoms with Gasteiger partial charge in [0, 0.05) is 26.4 Å². The summed E-state index contributed by atoms with van der Waals surface area (Å²) in [6, 6.07) is 7.93. The first-order chi connectivity index (χ1) is 15.5. The fourth-order valence-corrected chi connectivity index (χ4v) is 3.33. The van der Waals surface area contributed by atoms with E-state index in [0.29, 0.717) is 5.69 Å². The van der Waals surface area contributed by atoms with Crippen LogP contribution in [0.25, 0.3) is 0 Å². The van der Waals surface area contributed by atoms with Crippen LogP contribution < -0.4 is 15.5 Å². The van der Waals surface area contributed by atoms with Crippen molar-refractivity contribution >= 4 is 29.4 Å². The molecule has 1 aliphatic rings. The fraction of sp³-hybridized carbons (Fsp3) is 0.333. The predicted octanol–water partition coefficient (Wildman–Crippen LogP) is 2.45. The Balaban J connectivity index is 1.56. The van der Waals surface area contributed by atoms with Crippen molar-refractivity contribution in [3.63, 3.8) is 0 Å². The number of alkyl carbamates (subject to hydrolysis) is 1. The summed E-state index contributed by atoms with van der Waals surface area (Å²) in [6.45, 7) is 1.15. The topological polar surface area (TPSA) is 121 Å². The quantitative estimate of drug-likeness (QED) is 0.563. The number of rotatable bonds is 6. The van der Waals surface area contributed by atoms with E-state index in [4.69, 9.17) is 4.74 Å². The van der Waals surface area contributed by atoms with Crippen LogP contribution in [0.2, 0.25) is 0 Å². The number of amides is 3. The van der Waals surface area contributed by atoms with Crippen molar-refractivity contribution < 1.29 is 37.4 Å². The Kier molecular flexibility index (Phi) is 6.86. The van der Waals surface area contributed by atoms with Crippen molar-refractivity contribution in [2.24, 2.45) is 0 Å². The smallest absolute Gasteiger partial charge is 0.407 e. The Bertz CT molecular complexity index is 1040. The van der Waals surface area contributed by atoms with Gasteiger partial charge in [-0.05, 0) is 30.2 Å². The molecule has 3 N–H and O–H groups in total. The van der Waals surface area contributed by atoms with Gasteiger partial charge < -0.3 is 25.4 Å². The highest BCUT2D eigenvalue weighted by Crippen LogP contribution is 2.32. The number of alkyl halides is 3. The summed E-state index contributed by atoms with van der Waals surface area (Å²) in [5.74, 6) is -3.36. The minimum atomic E-state index is -4.53. The van der Waals surface area contributed by atoms with Crippen molar-refractivity contribution in [1.29, 1.82) is 0 Å². The van der Waals surface area contributed by atoms with Crippen molar-refractivity contribution in [2.75, 3.05) is 23.3 Å². The summed E-state index contributed by atoms with van der Waals surface area (Å²) in [5, 5.41) is 15.2. The van der Waals surface area contributed by atoms with Crippen LogP contribution in [-0.2, 0) is 26.9 Å². The number of nitrogens with zero attached hydrogens (tertiary/aromatic N) is 2. The summed E-state index contributed by atoms with van der Waals surface area (Å²) in [6.07, 6.45) is -4.70. The lowest BCUT2D eigenvalue weighted by Crippen LogP contribution is -2.46. The lowest BCUT2D eigenvalue weighted by molar-refractivity contribution is -0.175. The first kappa shape index (κ1) is 24.0. The molecule has 0 radical (unpaired) electrons. The van der Waals surface area contributed by atoms with Crippen molar-refractivity contribution in [1.82, 2.24) is 10.3 Å². The van der Waals surface area contributed by atoms with E-state index in [1.165, 1.54) is 43.5 Å². The number of carbonyl (C=O) groups is 3. The highest BCUT2D eigenvalue weighted by atomic mass is 19.4. The van der Waals surface area contributed by atoms with E-state index in [-0.39, 0.29) is 43.2 Å². The average Bonchev–Trinajstić information content (AvgIpc) is 3.02. The molecular weight excluding hydrogens is 445 g/mol. The Hall–Kier alpha value is -3.67. The summed E-state index contributed by atoms with van der Waals surface area (Å²) >= 11 is 0. The molecule has 1 fully saturated rings. The maximum atomic E-state index is 13.0. The van der Waals surface area contributed by atoms with Crippen LogP contribution >= 0.6 is 0 Å². The molecule has 0 spiro atoms. The lowest BCUT2D eigenvalue weighted by atomic mass is 10.0. The summed E-state index contributed by atoms with van der Waals surface area (Å²) in [7, 11) is 0. The second kappa shape index (κ2) is 9.45. The van der Waals surface area contributed by atoms with Gasteiger partial charge in [-0.25, -0.2) is 9.78 Å². The average molecular weight is 466 g/mol. The molecule has 2 heterocycles. The highest BCUT2D eigenvalue weighted by molar-refractivity contribution is 6.01. The first-order valence-corrected chi connectivity index (χ1v) is 9.89. The zero-order valence-electron chi connectivity index (χ0n) is 17.5. The van der Waals surface area contributed by atoms with Crippen LogP contribution in [0, 0.1) is 0 Å². The van der Waals surface area contributed by atoms with Gasteiger partial charge in [-0.1, -0.05) is 18.2 Å². The standard InChI is InChI=1S/C21H21F3N4O5/c1-13(29)27-17-7-6-15(12-26-17)28-11-9-20(32,18(28)30)33-19(31)25-10-8-14-4-2-3-5-16(14)21(22,23)24/h2-7,12,32H,8-11H2,1H3,(H,25,31)(H,26,27,29). The molecular formula is C21H21F3N4O5. The molecule has 3 amide bonds. The van der Waals surface area contributed by atoms with E-state index in [1.807, 2.05) is 0 Å². The van der Waals surface area contributed by atoms with Gasteiger partial charge in [0.1, 0.15) is 5.82 Å². The minimum absolute atomic E-state index is 0.0117. The van der Waals surface area contributed by atoms with Gasteiger partial charge in [0.25, 0.3) is 11.7 Å². The molecule has 0 aliphatic carbocycles. The van der Waals surface area contributed by atoms with E-state index in [1.54, 1.807) is 0 Å². The molecule has 9 nitrogen and oxygen atoms in total. The zero-order valence-corrected chi connectivity index (χ0v) is 17.5. The van der Waals surface area contributed by atoms with Crippen LogP contribution in [-0.4, -0.2) is 46.9 Å². The number of aromatic nitrogens is 1. The van der Waals surface area contributed by atoms with Crippen LogP contribution in [0.1, 0.15) is 24.5 Å². The summed E-state index contributed by atoms with van der Waals surface area (Å²) in [4.78, 5) is 40.9. The molecule has 176 valence electrons. The number of aliphatic hydroxyl groups is 1. The molecule has 3 rings (SSSR count). The molecule has 1 aromatic carbocycles. The highest BCUT2D eigenvalue weighted by Gasteiger charge is 2.49. The Morgan fingerprint density at radius 3 is 2.61 bits per heavy atom. The number of benzene rings is 1. The summed E-state index contributed by atoms with van der Waals surface area (Å²) < 4.78 is 44.0. The van der Waals surface area contributed by atoms with Crippen LogP contribution in [0.5, 0.6) is 0 Å². The van der Waals surface area contributed by atoms with E-state index < -0.39 is 29.5 Å². The Labute approximate surface area is 186 Å². The monoisotopic (exact) mass is 466 g/mol. The third-order valence-electron chi connectivity index (χ3n) is 4.87. The van der Waals surface area contributed by atoms with Crippen molar-refractivity contribution in [3.05, 3.63) is 53.7 Å². The molecule has 2 aromatic rings. The van der Waals surface area contributed by atoms with Crippen LogP contribution in [0.15, 0.2) is 42.6 Å². The SMILES string of the molecule is CC(=O)Nc1ccc(N2CCC(O)(OC(=O)NCCc3ccccc3C(F)(F)F)C2=O)cn1. The number of hydrogen-bond donors (Lipinski definition) is 3.